The number of carbonyl (C=O) groups is 2. The van der Waals surface area contributed by atoms with Crippen LogP contribution in [0.2, 0.25) is 5.02 Å². The molecular weight excluding hydrogens is 372 g/mol. The molecule has 2 aromatic carbocycles. The van der Waals surface area contributed by atoms with Gasteiger partial charge in [-0.25, -0.2) is 0 Å². The van der Waals surface area contributed by atoms with Crippen molar-refractivity contribution in [2.24, 2.45) is 0 Å². The maximum absolute atomic E-state index is 13.1. The van der Waals surface area contributed by atoms with Gasteiger partial charge >= 0.3 is 0 Å². The third-order valence-corrected chi connectivity index (χ3v) is 4.95. The summed E-state index contributed by atoms with van der Waals surface area (Å²) in [4.78, 5) is 27.5. The largest absolute Gasteiger partial charge is 0.352 e. The molecule has 2 aromatic rings. The van der Waals surface area contributed by atoms with Crippen molar-refractivity contribution in [1.82, 2.24) is 10.2 Å². The van der Waals surface area contributed by atoms with Crippen LogP contribution >= 0.6 is 11.6 Å². The Morgan fingerprint density at radius 2 is 1.68 bits per heavy atom. The number of carbonyl (C=O) groups excluding carboxylic acids is 2. The van der Waals surface area contributed by atoms with E-state index in [9.17, 15) is 9.59 Å². The molecule has 0 bridgehead atoms. The Hall–Kier alpha value is -2.33. The fourth-order valence-electron chi connectivity index (χ4n) is 3.17. The number of rotatable bonds is 9. The van der Waals surface area contributed by atoms with Gasteiger partial charge in [0.05, 0.1) is 0 Å². The van der Waals surface area contributed by atoms with Crippen LogP contribution in [0.3, 0.4) is 0 Å². The monoisotopic (exact) mass is 400 g/mol. The van der Waals surface area contributed by atoms with Crippen LogP contribution in [0.1, 0.15) is 44.7 Å². The van der Waals surface area contributed by atoms with Crippen molar-refractivity contribution < 1.29 is 9.59 Å². The zero-order chi connectivity index (χ0) is 20.5. The summed E-state index contributed by atoms with van der Waals surface area (Å²) in [5.74, 6) is -0.158. The number of aryl methyl sites for hydroxylation is 1. The van der Waals surface area contributed by atoms with Gasteiger partial charge in [0, 0.05) is 24.0 Å². The SMILES string of the molecule is CCC(C(=O)NC(C)C)N(Cc1ccccc1)C(=O)CCc1ccccc1Cl. The Labute approximate surface area is 172 Å². The van der Waals surface area contributed by atoms with Crippen LogP contribution in [0.5, 0.6) is 0 Å². The van der Waals surface area contributed by atoms with Gasteiger partial charge in [0.2, 0.25) is 11.8 Å². The number of halogens is 1. The number of hydrogen-bond donors (Lipinski definition) is 1. The highest BCUT2D eigenvalue weighted by Gasteiger charge is 2.28. The Kier molecular flexibility index (Phi) is 8.52. The van der Waals surface area contributed by atoms with Crippen molar-refractivity contribution in [2.75, 3.05) is 0 Å². The van der Waals surface area contributed by atoms with E-state index in [1.54, 1.807) is 4.90 Å². The Balaban J connectivity index is 2.19. The summed E-state index contributed by atoms with van der Waals surface area (Å²) >= 11 is 6.23. The minimum atomic E-state index is -0.499. The lowest BCUT2D eigenvalue weighted by Gasteiger charge is -2.31. The third-order valence-electron chi connectivity index (χ3n) is 4.58. The molecule has 0 spiro atoms. The summed E-state index contributed by atoms with van der Waals surface area (Å²) < 4.78 is 0. The van der Waals surface area contributed by atoms with E-state index in [0.717, 1.165) is 11.1 Å². The molecule has 0 radical (unpaired) electrons. The van der Waals surface area contributed by atoms with Gasteiger partial charge in [-0.15, -0.1) is 0 Å². The molecule has 0 fully saturated rings. The van der Waals surface area contributed by atoms with Crippen LogP contribution in [-0.2, 0) is 22.6 Å². The van der Waals surface area contributed by atoms with Gasteiger partial charge in [0.25, 0.3) is 0 Å². The zero-order valence-electron chi connectivity index (χ0n) is 16.8. The number of nitrogens with zero attached hydrogens (tertiary/aromatic N) is 1. The molecule has 1 unspecified atom stereocenters. The molecule has 1 atom stereocenters. The molecule has 150 valence electrons. The van der Waals surface area contributed by atoms with Crippen molar-refractivity contribution in [2.45, 2.75) is 58.7 Å². The molecule has 0 aliphatic carbocycles. The second-order valence-corrected chi connectivity index (χ2v) is 7.59. The quantitative estimate of drug-likeness (QED) is 0.668. The lowest BCUT2D eigenvalue weighted by Crippen LogP contribution is -2.50. The van der Waals surface area contributed by atoms with Gasteiger partial charge in [-0.05, 0) is 43.9 Å². The van der Waals surface area contributed by atoms with Crippen LogP contribution in [0.4, 0.5) is 0 Å². The fourth-order valence-corrected chi connectivity index (χ4v) is 3.40. The molecule has 0 aromatic heterocycles. The summed E-state index contributed by atoms with van der Waals surface area (Å²) in [6.07, 6.45) is 1.41. The molecule has 5 heteroatoms. The van der Waals surface area contributed by atoms with E-state index in [0.29, 0.717) is 30.8 Å². The molecule has 1 N–H and O–H groups in total. The average molecular weight is 401 g/mol. The first-order chi connectivity index (χ1) is 13.4. The lowest BCUT2D eigenvalue weighted by atomic mass is 10.1. The predicted octanol–water partition coefficient (Wildman–Crippen LogP) is 4.60. The van der Waals surface area contributed by atoms with Gasteiger partial charge < -0.3 is 10.2 Å². The molecule has 0 heterocycles. The Morgan fingerprint density at radius 1 is 1.04 bits per heavy atom. The highest BCUT2D eigenvalue weighted by Crippen LogP contribution is 2.19. The molecule has 0 saturated carbocycles. The molecule has 2 amide bonds. The van der Waals surface area contributed by atoms with Crippen molar-refractivity contribution in [3.05, 3.63) is 70.7 Å². The average Bonchev–Trinajstić information content (AvgIpc) is 2.67. The van der Waals surface area contributed by atoms with Crippen LogP contribution in [-0.4, -0.2) is 28.8 Å². The number of benzene rings is 2. The smallest absolute Gasteiger partial charge is 0.243 e. The Bertz CT molecular complexity index is 777. The second kappa shape index (κ2) is 10.9. The van der Waals surface area contributed by atoms with Crippen molar-refractivity contribution >= 4 is 23.4 Å². The molecular formula is C23H29ClN2O2. The molecule has 0 aliphatic heterocycles. The summed E-state index contributed by atoms with van der Waals surface area (Å²) in [7, 11) is 0. The van der Waals surface area contributed by atoms with Gasteiger partial charge in [0.1, 0.15) is 6.04 Å². The maximum atomic E-state index is 13.1. The molecule has 2 rings (SSSR count). The minimum Gasteiger partial charge on any atom is -0.352 e. The number of amides is 2. The fraction of sp³-hybridized carbons (Fsp3) is 0.391. The van der Waals surface area contributed by atoms with E-state index in [1.165, 1.54) is 0 Å². The van der Waals surface area contributed by atoms with Crippen LogP contribution in [0, 0.1) is 0 Å². The Morgan fingerprint density at radius 3 is 2.29 bits per heavy atom. The van der Waals surface area contributed by atoms with Crippen molar-refractivity contribution in [3.63, 3.8) is 0 Å². The van der Waals surface area contributed by atoms with Gasteiger partial charge in [-0.2, -0.15) is 0 Å². The lowest BCUT2D eigenvalue weighted by molar-refractivity contribution is -0.141. The summed E-state index contributed by atoms with van der Waals surface area (Å²) in [6.45, 7) is 6.19. The van der Waals surface area contributed by atoms with E-state index < -0.39 is 6.04 Å². The molecule has 4 nitrogen and oxygen atoms in total. The number of nitrogens with one attached hydrogen (secondary N) is 1. The van der Waals surface area contributed by atoms with Gasteiger partial charge in [-0.3, -0.25) is 9.59 Å². The molecule has 0 aliphatic rings. The van der Waals surface area contributed by atoms with E-state index >= 15 is 0 Å². The van der Waals surface area contributed by atoms with Crippen LogP contribution in [0.25, 0.3) is 0 Å². The topological polar surface area (TPSA) is 49.4 Å². The van der Waals surface area contributed by atoms with Crippen LogP contribution < -0.4 is 5.32 Å². The number of hydrogen-bond acceptors (Lipinski definition) is 2. The maximum Gasteiger partial charge on any atom is 0.243 e. The second-order valence-electron chi connectivity index (χ2n) is 7.19. The zero-order valence-corrected chi connectivity index (χ0v) is 17.6. The van der Waals surface area contributed by atoms with E-state index in [-0.39, 0.29) is 17.9 Å². The highest BCUT2D eigenvalue weighted by atomic mass is 35.5. The van der Waals surface area contributed by atoms with E-state index in [1.807, 2.05) is 75.4 Å². The molecule has 0 saturated heterocycles. The predicted molar refractivity (Wildman–Crippen MR) is 114 cm³/mol. The minimum absolute atomic E-state index is 0.0263. The van der Waals surface area contributed by atoms with Gasteiger partial charge in [0.15, 0.2) is 0 Å². The van der Waals surface area contributed by atoms with Crippen molar-refractivity contribution in [3.8, 4) is 0 Å². The summed E-state index contributed by atoms with van der Waals surface area (Å²) in [6, 6.07) is 16.8. The van der Waals surface area contributed by atoms with E-state index in [2.05, 4.69) is 5.32 Å². The normalized spacial score (nSPS) is 11.9. The van der Waals surface area contributed by atoms with Gasteiger partial charge in [-0.1, -0.05) is 67.1 Å². The third kappa shape index (κ3) is 6.38. The summed E-state index contributed by atoms with van der Waals surface area (Å²) in [5.41, 5.74) is 1.95. The van der Waals surface area contributed by atoms with E-state index in [4.69, 9.17) is 11.6 Å². The standard InChI is InChI=1S/C23H29ClN2O2/c1-4-21(23(28)25-17(2)3)26(16-18-10-6-5-7-11-18)22(27)15-14-19-12-8-9-13-20(19)24/h5-13,17,21H,4,14-16H2,1-3H3,(H,25,28). The van der Waals surface area contributed by atoms with Crippen molar-refractivity contribution in [1.29, 1.82) is 0 Å². The molecule has 28 heavy (non-hydrogen) atoms. The first-order valence-corrected chi connectivity index (χ1v) is 10.2. The first-order valence-electron chi connectivity index (χ1n) is 9.79. The van der Waals surface area contributed by atoms with Crippen LogP contribution in [0.15, 0.2) is 54.6 Å². The first kappa shape index (κ1) is 22.0. The summed E-state index contributed by atoms with van der Waals surface area (Å²) in [5, 5.41) is 3.61. The highest BCUT2D eigenvalue weighted by molar-refractivity contribution is 6.31.